The minimum Gasteiger partial charge on any atom is -0.379 e. The van der Waals surface area contributed by atoms with Crippen LogP contribution in [0.4, 0.5) is 24.5 Å². The average Bonchev–Trinajstić information content (AvgIpc) is 2.52. The molecule has 0 aliphatic carbocycles. The van der Waals surface area contributed by atoms with Gasteiger partial charge in [0.1, 0.15) is 5.69 Å². The van der Waals surface area contributed by atoms with E-state index < -0.39 is 39.6 Å². The van der Waals surface area contributed by atoms with E-state index in [4.69, 9.17) is 5.73 Å². The Morgan fingerprint density at radius 1 is 1.27 bits per heavy atom. The highest BCUT2D eigenvalue weighted by Crippen LogP contribution is 2.34. The molecule has 0 unspecified atom stereocenters. The molecule has 0 aromatic heterocycles. The van der Waals surface area contributed by atoms with Gasteiger partial charge in [0, 0.05) is 25.6 Å². The molecule has 0 fully saturated rings. The summed E-state index contributed by atoms with van der Waals surface area (Å²) in [4.78, 5) is 32.9. The van der Waals surface area contributed by atoms with Crippen molar-refractivity contribution in [1.82, 2.24) is 5.32 Å². The number of anilines is 1. The second kappa shape index (κ2) is 8.02. The summed E-state index contributed by atoms with van der Waals surface area (Å²) in [7, 11) is 0. The maximum atomic E-state index is 12.6. The van der Waals surface area contributed by atoms with Gasteiger partial charge in [-0.05, 0) is 26.0 Å². The van der Waals surface area contributed by atoms with Crippen LogP contribution in [0.15, 0.2) is 18.2 Å². The molecule has 0 heterocycles. The third-order valence-electron chi connectivity index (χ3n) is 3.58. The Hall–Kier alpha value is -2.85. The largest absolute Gasteiger partial charge is 0.416 e. The minimum atomic E-state index is -4.70. The summed E-state index contributed by atoms with van der Waals surface area (Å²) in [5, 5.41) is 16.0. The van der Waals surface area contributed by atoms with Crippen LogP contribution in [-0.2, 0) is 15.8 Å². The quantitative estimate of drug-likeness (QED) is 0.473. The van der Waals surface area contributed by atoms with Gasteiger partial charge < -0.3 is 16.4 Å². The molecule has 1 rings (SSSR count). The number of nitrogens with two attached hydrogens (primary N) is 1. The lowest BCUT2D eigenvalue weighted by molar-refractivity contribution is -0.384. The van der Waals surface area contributed by atoms with Crippen LogP contribution >= 0.6 is 0 Å². The first-order chi connectivity index (χ1) is 11.8. The van der Waals surface area contributed by atoms with Gasteiger partial charge >= 0.3 is 6.18 Å². The Morgan fingerprint density at radius 3 is 2.38 bits per heavy atom. The number of nitro groups is 1. The van der Waals surface area contributed by atoms with Gasteiger partial charge in [0.2, 0.25) is 11.8 Å². The van der Waals surface area contributed by atoms with Crippen LogP contribution < -0.4 is 16.4 Å². The molecule has 0 spiro atoms. The van der Waals surface area contributed by atoms with Crippen LogP contribution in [0.5, 0.6) is 0 Å². The van der Waals surface area contributed by atoms with Crippen LogP contribution in [0.3, 0.4) is 0 Å². The summed E-state index contributed by atoms with van der Waals surface area (Å²) >= 11 is 0. The minimum absolute atomic E-state index is 0.0155. The van der Waals surface area contributed by atoms with Crippen molar-refractivity contribution in [1.29, 1.82) is 0 Å². The fourth-order valence-corrected chi connectivity index (χ4v) is 1.81. The Balaban J connectivity index is 2.66. The molecule has 1 aromatic carbocycles. The lowest BCUT2D eigenvalue weighted by Crippen LogP contribution is -2.42. The molecular formula is C15H19F3N4O4. The number of primary amides is 1. The first-order valence-electron chi connectivity index (χ1n) is 7.50. The van der Waals surface area contributed by atoms with Crippen LogP contribution in [-0.4, -0.2) is 29.8 Å². The van der Waals surface area contributed by atoms with E-state index in [1.165, 1.54) is 0 Å². The van der Waals surface area contributed by atoms with Crippen LogP contribution in [0, 0.1) is 15.5 Å². The molecule has 1 aromatic rings. The monoisotopic (exact) mass is 376 g/mol. The molecule has 26 heavy (non-hydrogen) atoms. The molecule has 4 N–H and O–H groups in total. The standard InChI is InChI=1S/C15H19F3N4O4/c1-14(2,13(19)24)8-21-12(23)5-6-20-10-4-3-9(15(16,17)18)7-11(10)22(25)26/h3-4,7,20H,5-6,8H2,1-2H3,(H2,19,24)(H,21,23). The van der Waals surface area contributed by atoms with Gasteiger partial charge in [-0.1, -0.05) is 0 Å². The molecule has 0 radical (unpaired) electrons. The van der Waals surface area contributed by atoms with Crippen LogP contribution in [0.2, 0.25) is 0 Å². The van der Waals surface area contributed by atoms with E-state index in [0.29, 0.717) is 12.1 Å². The second-order valence-corrected chi connectivity index (χ2v) is 6.19. The number of benzene rings is 1. The molecule has 144 valence electrons. The number of nitrogens with one attached hydrogen (secondary N) is 2. The van der Waals surface area contributed by atoms with Gasteiger partial charge in [-0.15, -0.1) is 0 Å². The summed E-state index contributed by atoms with van der Waals surface area (Å²) in [5.41, 5.74) is 2.23. The van der Waals surface area contributed by atoms with E-state index in [1.54, 1.807) is 13.8 Å². The van der Waals surface area contributed by atoms with Gasteiger partial charge in [0.15, 0.2) is 0 Å². The van der Waals surface area contributed by atoms with Gasteiger partial charge in [-0.3, -0.25) is 19.7 Å². The SMILES string of the molecule is CC(C)(CNC(=O)CCNc1ccc(C(F)(F)F)cc1[N+](=O)[O-])C(N)=O. The van der Waals surface area contributed by atoms with Crippen molar-refractivity contribution in [2.24, 2.45) is 11.1 Å². The zero-order valence-electron chi connectivity index (χ0n) is 14.1. The lowest BCUT2D eigenvalue weighted by atomic mass is 9.93. The Labute approximate surface area is 147 Å². The third-order valence-corrected chi connectivity index (χ3v) is 3.58. The number of amides is 2. The van der Waals surface area contributed by atoms with Gasteiger partial charge in [0.25, 0.3) is 5.69 Å². The van der Waals surface area contributed by atoms with Crippen molar-refractivity contribution in [3.05, 3.63) is 33.9 Å². The zero-order valence-corrected chi connectivity index (χ0v) is 14.1. The number of carbonyl (C=O) groups is 2. The van der Waals surface area contributed by atoms with E-state index in [0.717, 1.165) is 6.07 Å². The third kappa shape index (κ3) is 5.90. The number of halogens is 3. The molecular weight excluding hydrogens is 357 g/mol. The number of hydrogen-bond donors (Lipinski definition) is 3. The molecule has 0 bridgehead atoms. The smallest absolute Gasteiger partial charge is 0.379 e. The number of rotatable bonds is 8. The maximum absolute atomic E-state index is 12.6. The molecule has 0 saturated carbocycles. The predicted octanol–water partition coefficient (Wildman–Crippen LogP) is 2.04. The van der Waals surface area contributed by atoms with Gasteiger partial charge in [-0.2, -0.15) is 13.2 Å². The molecule has 0 saturated heterocycles. The average molecular weight is 376 g/mol. The molecule has 11 heteroatoms. The van der Waals surface area contributed by atoms with Crippen molar-refractivity contribution in [3.8, 4) is 0 Å². The summed E-state index contributed by atoms with van der Waals surface area (Å²) in [6.45, 7) is 3.08. The summed E-state index contributed by atoms with van der Waals surface area (Å²) < 4.78 is 37.9. The number of nitrogens with zero attached hydrogens (tertiary/aromatic N) is 1. The van der Waals surface area contributed by atoms with Crippen molar-refractivity contribution in [3.63, 3.8) is 0 Å². The first kappa shape index (κ1) is 21.2. The van der Waals surface area contributed by atoms with E-state index in [2.05, 4.69) is 10.6 Å². The molecule has 8 nitrogen and oxygen atoms in total. The second-order valence-electron chi connectivity index (χ2n) is 6.19. The zero-order chi connectivity index (χ0) is 20.1. The first-order valence-corrected chi connectivity index (χ1v) is 7.50. The van der Waals surface area contributed by atoms with Crippen molar-refractivity contribution in [2.75, 3.05) is 18.4 Å². The fraction of sp³-hybridized carbons (Fsp3) is 0.467. The van der Waals surface area contributed by atoms with Gasteiger partial charge in [-0.25, -0.2) is 0 Å². The summed E-state index contributed by atoms with van der Waals surface area (Å²) in [6, 6.07) is 2.08. The van der Waals surface area contributed by atoms with E-state index in [-0.39, 0.29) is 25.2 Å². The highest BCUT2D eigenvalue weighted by Gasteiger charge is 2.33. The van der Waals surface area contributed by atoms with E-state index in [9.17, 15) is 32.9 Å². The van der Waals surface area contributed by atoms with Crippen molar-refractivity contribution < 1.29 is 27.7 Å². The predicted molar refractivity (Wildman–Crippen MR) is 87.2 cm³/mol. The van der Waals surface area contributed by atoms with E-state index in [1.807, 2.05) is 0 Å². The Bertz CT molecular complexity index is 705. The number of alkyl halides is 3. The van der Waals surface area contributed by atoms with E-state index >= 15 is 0 Å². The maximum Gasteiger partial charge on any atom is 0.416 e. The highest BCUT2D eigenvalue weighted by atomic mass is 19.4. The Kier molecular flexibility index (Phi) is 6.54. The normalized spacial score (nSPS) is 11.7. The number of hydrogen-bond acceptors (Lipinski definition) is 5. The molecule has 0 aliphatic rings. The lowest BCUT2D eigenvalue weighted by Gasteiger charge is -2.20. The number of nitro benzene ring substituents is 1. The fourth-order valence-electron chi connectivity index (χ4n) is 1.81. The van der Waals surface area contributed by atoms with Gasteiger partial charge in [0.05, 0.1) is 15.9 Å². The molecule has 0 aliphatic heterocycles. The van der Waals surface area contributed by atoms with Crippen LogP contribution in [0.25, 0.3) is 0 Å². The summed E-state index contributed by atoms with van der Waals surface area (Å²) in [5.74, 6) is -1.03. The highest BCUT2D eigenvalue weighted by molar-refractivity contribution is 5.82. The van der Waals surface area contributed by atoms with Crippen LogP contribution in [0.1, 0.15) is 25.8 Å². The topological polar surface area (TPSA) is 127 Å². The molecule has 0 atom stereocenters. The van der Waals surface area contributed by atoms with Crippen molar-refractivity contribution >= 4 is 23.2 Å². The summed E-state index contributed by atoms with van der Waals surface area (Å²) in [6.07, 6.45) is -4.80. The van der Waals surface area contributed by atoms with Crippen molar-refractivity contribution in [2.45, 2.75) is 26.4 Å². The Morgan fingerprint density at radius 2 is 1.88 bits per heavy atom. The number of carbonyl (C=O) groups excluding carboxylic acids is 2. The molecule has 2 amide bonds.